The first-order valence-electron chi connectivity index (χ1n) is 5.41. The van der Waals surface area contributed by atoms with Gasteiger partial charge < -0.3 is 10.1 Å². The Morgan fingerprint density at radius 2 is 2.35 bits per heavy atom. The van der Waals surface area contributed by atoms with Gasteiger partial charge in [-0.05, 0) is 11.6 Å². The van der Waals surface area contributed by atoms with Crippen LogP contribution < -0.4 is 10.1 Å². The second kappa shape index (κ2) is 4.55. The number of hydrogen-bond donors (Lipinski definition) is 1. The van der Waals surface area contributed by atoms with Crippen LogP contribution in [0.5, 0.6) is 5.75 Å². The summed E-state index contributed by atoms with van der Waals surface area (Å²) < 4.78 is 5.82. The third kappa shape index (κ3) is 2.37. The predicted molar refractivity (Wildman–Crippen MR) is 70.2 cm³/mol. The first-order valence-corrected chi connectivity index (χ1v) is 6.66. The molecule has 3 rings (SSSR count). The molecule has 2 heterocycles. The van der Waals surface area contributed by atoms with Gasteiger partial charge in [-0.25, -0.2) is 4.98 Å². The van der Waals surface area contributed by atoms with Crippen LogP contribution in [0.25, 0.3) is 0 Å². The maximum Gasteiger partial charge on any atom is 0.184 e. The van der Waals surface area contributed by atoms with Crippen molar-refractivity contribution < 1.29 is 4.74 Å². The third-order valence-corrected chi connectivity index (χ3v) is 3.79. The summed E-state index contributed by atoms with van der Waals surface area (Å²) in [5, 5.41) is 6.43. The molecule has 5 heteroatoms. The van der Waals surface area contributed by atoms with Crippen LogP contribution in [0.1, 0.15) is 5.56 Å². The molecule has 1 aromatic heterocycles. The minimum absolute atomic E-state index is 0.176. The normalized spacial score (nSPS) is 17.6. The number of halogens is 1. The van der Waals surface area contributed by atoms with Crippen molar-refractivity contribution in [2.24, 2.45) is 0 Å². The first-order chi connectivity index (χ1) is 8.31. The zero-order chi connectivity index (χ0) is 11.7. The molecule has 1 atom stereocenters. The topological polar surface area (TPSA) is 34.1 Å². The summed E-state index contributed by atoms with van der Waals surface area (Å²) in [5.74, 6) is 0.997. The maximum atomic E-state index is 5.82. The lowest BCUT2D eigenvalue weighted by atomic mass is 10.1. The molecule has 1 unspecified atom stereocenters. The summed E-state index contributed by atoms with van der Waals surface area (Å²) in [5.41, 5.74) is 1.27. The molecule has 1 aliphatic heterocycles. The fourth-order valence-electron chi connectivity index (χ4n) is 1.90. The smallest absolute Gasteiger partial charge is 0.184 e. The predicted octanol–water partition coefficient (Wildman–Crippen LogP) is 3.21. The van der Waals surface area contributed by atoms with E-state index in [9.17, 15) is 0 Å². The Morgan fingerprint density at radius 1 is 1.47 bits per heavy atom. The Balaban J connectivity index is 1.59. The van der Waals surface area contributed by atoms with Crippen molar-refractivity contribution in [3.63, 3.8) is 0 Å². The number of anilines is 1. The highest BCUT2D eigenvalue weighted by Crippen LogP contribution is 2.28. The van der Waals surface area contributed by atoms with Crippen LogP contribution in [0.3, 0.4) is 0 Å². The minimum atomic E-state index is 0.176. The van der Waals surface area contributed by atoms with Gasteiger partial charge in [-0.2, -0.15) is 0 Å². The quantitative estimate of drug-likeness (QED) is 0.926. The lowest BCUT2D eigenvalue weighted by molar-refractivity contribution is 0.246. The number of aromatic nitrogens is 1. The van der Waals surface area contributed by atoms with Crippen molar-refractivity contribution >= 4 is 28.1 Å². The summed E-state index contributed by atoms with van der Waals surface area (Å²) in [7, 11) is 0. The molecule has 0 radical (unpaired) electrons. The fraction of sp³-hybridized carbons (Fsp3) is 0.250. The molecule has 1 N–H and O–H groups in total. The number of nitrogens with zero attached hydrogens (tertiary/aromatic N) is 1. The average molecular weight is 267 g/mol. The van der Waals surface area contributed by atoms with E-state index in [2.05, 4.69) is 16.4 Å². The molecule has 0 aliphatic carbocycles. The van der Waals surface area contributed by atoms with Gasteiger partial charge in [0.25, 0.3) is 0 Å². The molecule has 0 bridgehead atoms. The van der Waals surface area contributed by atoms with E-state index in [0.29, 0.717) is 5.15 Å². The van der Waals surface area contributed by atoms with E-state index in [1.807, 2.05) is 23.6 Å². The van der Waals surface area contributed by atoms with Crippen molar-refractivity contribution in [1.82, 2.24) is 4.98 Å². The van der Waals surface area contributed by atoms with Gasteiger partial charge in [-0.15, -0.1) is 11.3 Å². The molecule has 0 fully saturated rings. The standard InChI is InChI=1S/C12H11ClN2OS/c13-11-7-17-12(15-11)14-6-9-5-8-3-1-2-4-10(8)16-9/h1-4,7,9H,5-6H2,(H,14,15). The number of hydrogen-bond acceptors (Lipinski definition) is 4. The van der Waals surface area contributed by atoms with Gasteiger partial charge in [0.15, 0.2) is 5.13 Å². The first kappa shape index (κ1) is 10.9. The monoisotopic (exact) mass is 266 g/mol. The lowest BCUT2D eigenvalue weighted by Crippen LogP contribution is -2.23. The summed E-state index contributed by atoms with van der Waals surface area (Å²) >= 11 is 7.26. The van der Waals surface area contributed by atoms with Crippen LogP contribution >= 0.6 is 22.9 Å². The molecule has 88 valence electrons. The van der Waals surface area contributed by atoms with Crippen molar-refractivity contribution in [2.75, 3.05) is 11.9 Å². The van der Waals surface area contributed by atoms with E-state index < -0.39 is 0 Å². The van der Waals surface area contributed by atoms with Gasteiger partial charge in [-0.3, -0.25) is 0 Å². The van der Waals surface area contributed by atoms with Gasteiger partial charge in [0, 0.05) is 11.8 Å². The second-order valence-electron chi connectivity index (χ2n) is 3.91. The van der Waals surface area contributed by atoms with E-state index in [0.717, 1.165) is 23.8 Å². The molecule has 0 spiro atoms. The zero-order valence-electron chi connectivity index (χ0n) is 9.02. The number of thiazole rings is 1. The molecular weight excluding hydrogens is 256 g/mol. The van der Waals surface area contributed by atoms with Gasteiger partial charge in [0.2, 0.25) is 0 Å². The van der Waals surface area contributed by atoms with Crippen LogP contribution in [0.4, 0.5) is 5.13 Å². The molecule has 2 aromatic rings. The highest BCUT2D eigenvalue weighted by Gasteiger charge is 2.22. The molecular formula is C12H11ClN2OS. The third-order valence-electron chi connectivity index (χ3n) is 2.67. The van der Waals surface area contributed by atoms with Crippen LogP contribution in [0, 0.1) is 0 Å². The summed E-state index contributed by atoms with van der Waals surface area (Å²) in [6, 6.07) is 8.15. The van der Waals surface area contributed by atoms with E-state index in [1.54, 1.807) is 0 Å². The number of nitrogens with one attached hydrogen (secondary N) is 1. The Morgan fingerprint density at radius 3 is 3.12 bits per heavy atom. The van der Waals surface area contributed by atoms with Crippen LogP contribution in [0.15, 0.2) is 29.6 Å². The largest absolute Gasteiger partial charge is 0.488 e. The number of para-hydroxylation sites is 1. The Kier molecular flexibility index (Phi) is 2.91. The Bertz CT molecular complexity index is 504. The molecule has 1 aromatic carbocycles. The number of benzene rings is 1. The Hall–Kier alpha value is -1.26. The SMILES string of the molecule is Clc1csc(NCC2Cc3ccccc3O2)n1. The van der Waals surface area contributed by atoms with Gasteiger partial charge >= 0.3 is 0 Å². The number of rotatable bonds is 3. The molecule has 0 amide bonds. The highest BCUT2D eigenvalue weighted by molar-refractivity contribution is 7.14. The van der Waals surface area contributed by atoms with E-state index >= 15 is 0 Å². The van der Waals surface area contributed by atoms with Crippen LogP contribution in [0.2, 0.25) is 5.15 Å². The van der Waals surface area contributed by atoms with Crippen molar-refractivity contribution in [3.05, 3.63) is 40.4 Å². The zero-order valence-corrected chi connectivity index (χ0v) is 10.6. The van der Waals surface area contributed by atoms with Gasteiger partial charge in [-0.1, -0.05) is 29.8 Å². The van der Waals surface area contributed by atoms with Gasteiger partial charge in [0.05, 0.1) is 6.54 Å². The highest BCUT2D eigenvalue weighted by atomic mass is 35.5. The molecule has 1 aliphatic rings. The molecule has 0 saturated carbocycles. The van der Waals surface area contributed by atoms with Crippen LogP contribution in [-0.4, -0.2) is 17.6 Å². The minimum Gasteiger partial charge on any atom is -0.488 e. The molecule has 3 nitrogen and oxygen atoms in total. The van der Waals surface area contributed by atoms with Crippen LogP contribution in [-0.2, 0) is 6.42 Å². The lowest BCUT2D eigenvalue weighted by Gasteiger charge is -2.10. The average Bonchev–Trinajstić information content (AvgIpc) is 2.91. The maximum absolute atomic E-state index is 5.82. The van der Waals surface area contributed by atoms with Crippen molar-refractivity contribution in [3.8, 4) is 5.75 Å². The second-order valence-corrected chi connectivity index (χ2v) is 5.15. The van der Waals surface area contributed by atoms with Crippen molar-refractivity contribution in [2.45, 2.75) is 12.5 Å². The fourth-order valence-corrected chi connectivity index (χ4v) is 2.75. The Labute approximate surface area is 108 Å². The summed E-state index contributed by atoms with van der Waals surface area (Å²) in [4.78, 5) is 4.14. The molecule has 17 heavy (non-hydrogen) atoms. The van der Waals surface area contributed by atoms with E-state index in [1.165, 1.54) is 16.9 Å². The summed E-state index contributed by atoms with van der Waals surface area (Å²) in [6.07, 6.45) is 1.12. The van der Waals surface area contributed by atoms with E-state index in [-0.39, 0.29) is 6.10 Å². The molecule has 0 saturated heterocycles. The number of fused-ring (bicyclic) bond motifs is 1. The van der Waals surface area contributed by atoms with Gasteiger partial charge in [0.1, 0.15) is 17.0 Å². The van der Waals surface area contributed by atoms with Crippen molar-refractivity contribution in [1.29, 1.82) is 0 Å². The van der Waals surface area contributed by atoms with E-state index in [4.69, 9.17) is 16.3 Å². The number of ether oxygens (including phenoxy) is 1. The summed E-state index contributed by atoms with van der Waals surface area (Å²) in [6.45, 7) is 0.749.